The molecule has 0 saturated heterocycles. The van der Waals surface area contributed by atoms with Gasteiger partial charge in [-0.1, -0.05) is 5.16 Å². The number of aromatic nitrogens is 5. The summed E-state index contributed by atoms with van der Waals surface area (Å²) in [6, 6.07) is 7.23. The number of nitrogens with one attached hydrogen (secondary N) is 1. The molecule has 0 aliphatic carbocycles. The molecule has 2 heterocycles. The lowest BCUT2D eigenvalue weighted by atomic mass is 10.1. The minimum absolute atomic E-state index is 0.121. The maximum absolute atomic E-state index is 12.1. The summed E-state index contributed by atoms with van der Waals surface area (Å²) in [5, 5.41) is 17.6. The summed E-state index contributed by atoms with van der Waals surface area (Å²) in [5.41, 5.74) is 3.08. The van der Waals surface area contributed by atoms with Gasteiger partial charge in [0.05, 0.1) is 17.8 Å². The Morgan fingerprint density at radius 2 is 2.05 bits per heavy atom. The van der Waals surface area contributed by atoms with Gasteiger partial charge < -0.3 is 9.84 Å². The number of carbonyl (C=O) groups is 1. The van der Waals surface area contributed by atoms with E-state index in [1.807, 2.05) is 19.1 Å². The molecule has 8 nitrogen and oxygen atoms in total. The van der Waals surface area contributed by atoms with Crippen LogP contribution in [0.1, 0.15) is 17.0 Å². The summed E-state index contributed by atoms with van der Waals surface area (Å²) in [4.78, 5) is 12.1. The van der Waals surface area contributed by atoms with Crippen LogP contribution in [0.25, 0.3) is 5.69 Å². The van der Waals surface area contributed by atoms with Crippen molar-refractivity contribution in [2.24, 2.45) is 0 Å². The lowest BCUT2D eigenvalue weighted by Crippen LogP contribution is -2.15. The van der Waals surface area contributed by atoms with Gasteiger partial charge in [0.15, 0.2) is 0 Å². The zero-order valence-electron chi connectivity index (χ0n) is 12.1. The van der Waals surface area contributed by atoms with Gasteiger partial charge in [-0.05, 0) is 48.5 Å². The lowest BCUT2D eigenvalue weighted by Gasteiger charge is -2.06. The van der Waals surface area contributed by atoms with Crippen LogP contribution in [-0.2, 0) is 11.2 Å². The standard InChI is InChI=1S/C14H14N6O2/c1-9-13(10(2)22-17-9)7-14(21)16-11-3-5-12(6-4-11)20-8-15-18-19-20/h3-6,8H,7H2,1-2H3,(H,16,21). The highest BCUT2D eigenvalue weighted by Crippen LogP contribution is 2.15. The normalized spacial score (nSPS) is 10.6. The van der Waals surface area contributed by atoms with Crippen molar-refractivity contribution in [1.29, 1.82) is 0 Å². The molecule has 112 valence electrons. The first-order valence-electron chi connectivity index (χ1n) is 6.68. The Morgan fingerprint density at radius 1 is 1.27 bits per heavy atom. The maximum Gasteiger partial charge on any atom is 0.228 e. The monoisotopic (exact) mass is 298 g/mol. The van der Waals surface area contributed by atoms with E-state index >= 15 is 0 Å². The molecule has 1 aromatic carbocycles. The molecule has 0 spiro atoms. The summed E-state index contributed by atoms with van der Waals surface area (Å²) >= 11 is 0. The van der Waals surface area contributed by atoms with E-state index < -0.39 is 0 Å². The van der Waals surface area contributed by atoms with Crippen molar-refractivity contribution >= 4 is 11.6 Å². The van der Waals surface area contributed by atoms with Gasteiger partial charge in [0.1, 0.15) is 12.1 Å². The van der Waals surface area contributed by atoms with Gasteiger partial charge in [0.2, 0.25) is 5.91 Å². The van der Waals surface area contributed by atoms with Crippen LogP contribution < -0.4 is 5.32 Å². The van der Waals surface area contributed by atoms with Crippen LogP contribution in [0.2, 0.25) is 0 Å². The number of rotatable bonds is 4. The molecule has 0 atom stereocenters. The van der Waals surface area contributed by atoms with E-state index in [0.717, 1.165) is 16.9 Å². The molecule has 0 bridgehead atoms. The number of nitrogens with zero attached hydrogens (tertiary/aromatic N) is 5. The van der Waals surface area contributed by atoms with Crippen LogP contribution in [0.3, 0.4) is 0 Å². The van der Waals surface area contributed by atoms with Gasteiger partial charge in [-0.25, -0.2) is 4.68 Å². The van der Waals surface area contributed by atoms with Crippen molar-refractivity contribution in [3.05, 3.63) is 47.6 Å². The van der Waals surface area contributed by atoms with Gasteiger partial charge in [-0.15, -0.1) is 5.10 Å². The molecule has 8 heteroatoms. The Hall–Kier alpha value is -3.03. The van der Waals surface area contributed by atoms with Crippen LogP contribution in [0.4, 0.5) is 5.69 Å². The number of anilines is 1. The summed E-state index contributed by atoms with van der Waals surface area (Å²) in [6.07, 6.45) is 1.74. The van der Waals surface area contributed by atoms with E-state index in [1.54, 1.807) is 19.1 Å². The third kappa shape index (κ3) is 2.85. The molecule has 3 rings (SSSR count). The van der Waals surface area contributed by atoms with Crippen molar-refractivity contribution in [3.8, 4) is 5.69 Å². The Labute approximate surface area is 126 Å². The number of tetrazole rings is 1. The van der Waals surface area contributed by atoms with Crippen LogP contribution >= 0.6 is 0 Å². The van der Waals surface area contributed by atoms with E-state index in [2.05, 4.69) is 26.0 Å². The molecule has 22 heavy (non-hydrogen) atoms. The number of amides is 1. The van der Waals surface area contributed by atoms with Crippen molar-refractivity contribution in [1.82, 2.24) is 25.4 Å². The average Bonchev–Trinajstić information content (AvgIpc) is 3.14. The van der Waals surface area contributed by atoms with E-state index in [9.17, 15) is 4.79 Å². The maximum atomic E-state index is 12.1. The second-order valence-electron chi connectivity index (χ2n) is 4.83. The third-order valence-corrected chi connectivity index (χ3v) is 3.28. The number of benzene rings is 1. The summed E-state index contributed by atoms with van der Waals surface area (Å²) in [6.45, 7) is 3.61. The minimum atomic E-state index is -0.121. The number of aryl methyl sites for hydroxylation is 2. The van der Waals surface area contributed by atoms with Crippen molar-refractivity contribution < 1.29 is 9.32 Å². The number of carbonyl (C=O) groups excluding carboxylic acids is 1. The molecule has 0 aliphatic heterocycles. The number of hydrogen-bond donors (Lipinski definition) is 1. The minimum Gasteiger partial charge on any atom is -0.361 e. The van der Waals surface area contributed by atoms with Crippen LogP contribution in [0.5, 0.6) is 0 Å². The molecular weight excluding hydrogens is 284 g/mol. The van der Waals surface area contributed by atoms with Gasteiger partial charge in [-0.3, -0.25) is 4.79 Å². The van der Waals surface area contributed by atoms with E-state index in [0.29, 0.717) is 11.4 Å². The summed E-state index contributed by atoms with van der Waals surface area (Å²) in [5.74, 6) is 0.547. The van der Waals surface area contributed by atoms with Crippen molar-refractivity contribution in [2.45, 2.75) is 20.3 Å². The molecule has 0 unspecified atom stereocenters. The molecule has 0 fully saturated rings. The molecule has 0 radical (unpaired) electrons. The van der Waals surface area contributed by atoms with Crippen LogP contribution in [0, 0.1) is 13.8 Å². The highest BCUT2D eigenvalue weighted by atomic mass is 16.5. The number of hydrogen-bond acceptors (Lipinski definition) is 6. The molecule has 1 amide bonds. The Bertz CT molecular complexity index is 757. The van der Waals surface area contributed by atoms with E-state index in [-0.39, 0.29) is 12.3 Å². The van der Waals surface area contributed by atoms with Gasteiger partial charge in [0, 0.05) is 11.3 Å². The largest absolute Gasteiger partial charge is 0.361 e. The fourth-order valence-corrected chi connectivity index (χ4v) is 2.10. The first kappa shape index (κ1) is 13.9. The topological polar surface area (TPSA) is 98.7 Å². The van der Waals surface area contributed by atoms with Crippen LogP contribution in [-0.4, -0.2) is 31.3 Å². The Morgan fingerprint density at radius 3 is 2.64 bits per heavy atom. The quantitative estimate of drug-likeness (QED) is 0.782. The Kier molecular flexibility index (Phi) is 3.65. The van der Waals surface area contributed by atoms with Crippen molar-refractivity contribution in [3.63, 3.8) is 0 Å². The van der Waals surface area contributed by atoms with E-state index in [1.165, 1.54) is 11.0 Å². The predicted molar refractivity (Wildman–Crippen MR) is 77.5 cm³/mol. The third-order valence-electron chi connectivity index (χ3n) is 3.28. The highest BCUT2D eigenvalue weighted by Gasteiger charge is 2.13. The highest BCUT2D eigenvalue weighted by molar-refractivity contribution is 5.92. The van der Waals surface area contributed by atoms with Crippen LogP contribution in [0.15, 0.2) is 35.1 Å². The van der Waals surface area contributed by atoms with Gasteiger partial charge >= 0.3 is 0 Å². The predicted octanol–water partition coefficient (Wildman–Crippen LogP) is 1.45. The second-order valence-corrected chi connectivity index (χ2v) is 4.83. The molecular formula is C14H14N6O2. The fraction of sp³-hybridized carbons (Fsp3) is 0.214. The second kappa shape index (κ2) is 5.76. The lowest BCUT2D eigenvalue weighted by molar-refractivity contribution is -0.115. The van der Waals surface area contributed by atoms with Crippen molar-refractivity contribution in [2.75, 3.05) is 5.32 Å². The molecule has 3 aromatic rings. The molecule has 1 N–H and O–H groups in total. The summed E-state index contributed by atoms with van der Waals surface area (Å²) < 4.78 is 6.59. The first-order valence-corrected chi connectivity index (χ1v) is 6.68. The smallest absolute Gasteiger partial charge is 0.228 e. The van der Waals surface area contributed by atoms with Gasteiger partial charge in [0.25, 0.3) is 0 Å². The zero-order valence-corrected chi connectivity index (χ0v) is 12.1. The first-order chi connectivity index (χ1) is 10.6. The fourth-order valence-electron chi connectivity index (χ4n) is 2.10. The van der Waals surface area contributed by atoms with Gasteiger partial charge in [-0.2, -0.15) is 0 Å². The zero-order chi connectivity index (χ0) is 15.5. The summed E-state index contributed by atoms with van der Waals surface area (Å²) in [7, 11) is 0. The molecule has 0 aliphatic rings. The molecule has 0 saturated carbocycles. The van der Waals surface area contributed by atoms with E-state index in [4.69, 9.17) is 4.52 Å². The average molecular weight is 298 g/mol. The Balaban J connectivity index is 1.67. The molecule has 2 aromatic heterocycles. The SMILES string of the molecule is Cc1noc(C)c1CC(=O)Nc1ccc(-n2cnnn2)cc1.